The molecule has 68 valence electrons. The predicted molar refractivity (Wildman–Crippen MR) is 50.0 cm³/mol. The fourth-order valence-electron chi connectivity index (χ4n) is 0.806. The van der Waals surface area contributed by atoms with Crippen LogP contribution in [0.25, 0.3) is 0 Å². The molecule has 0 aliphatic carbocycles. The lowest BCUT2D eigenvalue weighted by Crippen LogP contribution is -2.02. The highest BCUT2D eigenvalue weighted by atomic mass is 32.2. The Kier molecular flexibility index (Phi) is 2.99. The summed E-state index contributed by atoms with van der Waals surface area (Å²) in [5.74, 6) is 0. The minimum Gasteiger partial charge on any atom is -0.395 e. The molecule has 12 heavy (non-hydrogen) atoms. The summed E-state index contributed by atoms with van der Waals surface area (Å²) in [5, 5.41) is 13.9. The van der Waals surface area contributed by atoms with Gasteiger partial charge in [0.25, 0.3) is 0 Å². The molecule has 0 aliphatic rings. The first kappa shape index (κ1) is 9.41. The van der Waals surface area contributed by atoms with E-state index in [1.54, 1.807) is 10.9 Å². The van der Waals surface area contributed by atoms with Crippen LogP contribution in [0.15, 0.2) is 11.2 Å². The molecule has 0 aromatic carbocycles. The zero-order chi connectivity index (χ0) is 9.14. The molecule has 1 heterocycles. The van der Waals surface area contributed by atoms with Gasteiger partial charge in [0.05, 0.1) is 12.3 Å². The molecular weight excluding hydrogens is 174 g/mol. The minimum absolute atomic E-state index is 0.140. The quantitative estimate of drug-likeness (QED) is 0.675. The zero-order valence-electron chi connectivity index (χ0n) is 7.19. The maximum absolute atomic E-state index is 8.80. The number of nitrogens with zero attached hydrogens (tertiary/aromatic N) is 2. The van der Waals surface area contributed by atoms with E-state index < -0.39 is 0 Å². The highest BCUT2D eigenvalue weighted by molar-refractivity contribution is 8.00. The minimum atomic E-state index is 0.140. The molecule has 1 aromatic rings. The fourth-order valence-corrected chi connectivity index (χ4v) is 1.63. The van der Waals surface area contributed by atoms with E-state index in [1.165, 1.54) is 11.8 Å². The second kappa shape index (κ2) is 3.82. The van der Waals surface area contributed by atoms with E-state index in [0.29, 0.717) is 5.69 Å². The van der Waals surface area contributed by atoms with Crippen LogP contribution in [0, 0.1) is 0 Å². The van der Waals surface area contributed by atoms with Gasteiger partial charge >= 0.3 is 0 Å². The van der Waals surface area contributed by atoms with Gasteiger partial charge in [0, 0.05) is 18.5 Å². The lowest BCUT2D eigenvalue weighted by atomic mass is 10.5. The Balaban J connectivity index is 2.68. The summed E-state index contributed by atoms with van der Waals surface area (Å²) < 4.78 is 1.67. The van der Waals surface area contributed by atoms with Gasteiger partial charge in [-0.1, -0.05) is 18.7 Å². The molecule has 0 saturated carbocycles. The molecule has 4 nitrogen and oxygen atoms in total. The number of nitrogens with two attached hydrogens (primary N) is 1. The van der Waals surface area contributed by atoms with E-state index >= 15 is 0 Å². The summed E-state index contributed by atoms with van der Waals surface area (Å²) in [5.41, 5.74) is 6.33. The second-order valence-corrected chi connectivity index (χ2v) is 4.10. The topological polar surface area (TPSA) is 64.1 Å². The Hall–Kier alpha value is -0.680. The first-order valence-corrected chi connectivity index (χ1v) is 4.58. The number of aliphatic hydroxyl groups excluding tert-OH is 1. The number of aliphatic hydroxyl groups is 1. The molecule has 0 saturated heterocycles. The normalized spacial score (nSPS) is 13.2. The summed E-state index contributed by atoms with van der Waals surface area (Å²) in [6.07, 6.45) is 1.76. The SMILES string of the molecule is CC(CO)Sc1nn(C)cc1N. The molecule has 5 heteroatoms. The van der Waals surface area contributed by atoms with Crippen LogP contribution in [0.5, 0.6) is 0 Å². The highest BCUT2D eigenvalue weighted by Gasteiger charge is 2.08. The zero-order valence-corrected chi connectivity index (χ0v) is 8.01. The summed E-state index contributed by atoms with van der Waals surface area (Å²) in [6, 6.07) is 0. The Labute approximate surface area is 75.8 Å². The van der Waals surface area contributed by atoms with Crippen molar-refractivity contribution in [2.24, 2.45) is 7.05 Å². The number of hydrogen-bond donors (Lipinski definition) is 2. The molecule has 1 atom stereocenters. The summed E-state index contributed by atoms with van der Waals surface area (Å²) in [7, 11) is 1.82. The third kappa shape index (κ3) is 2.15. The molecule has 0 fully saturated rings. The molecule has 1 aromatic heterocycles. The second-order valence-electron chi connectivity index (χ2n) is 2.67. The third-order valence-corrected chi connectivity index (χ3v) is 2.48. The Morgan fingerprint density at radius 3 is 2.92 bits per heavy atom. The van der Waals surface area contributed by atoms with Crippen LogP contribution in [-0.4, -0.2) is 26.7 Å². The average Bonchev–Trinajstić information content (AvgIpc) is 2.30. The smallest absolute Gasteiger partial charge is 0.141 e. The van der Waals surface area contributed by atoms with Gasteiger partial charge in [0.15, 0.2) is 0 Å². The standard InChI is InChI=1S/C7H13N3OS/c1-5(4-11)12-7-6(8)3-10(2)9-7/h3,5,11H,4,8H2,1-2H3. The summed E-state index contributed by atoms with van der Waals surface area (Å²) in [4.78, 5) is 0. The molecule has 1 rings (SSSR count). The molecule has 3 N–H and O–H groups in total. The van der Waals surface area contributed by atoms with E-state index in [2.05, 4.69) is 5.10 Å². The van der Waals surface area contributed by atoms with Crippen molar-refractivity contribution in [1.82, 2.24) is 9.78 Å². The molecule has 0 amide bonds. The number of rotatable bonds is 3. The first-order valence-electron chi connectivity index (χ1n) is 3.70. The molecule has 0 aliphatic heterocycles. The Morgan fingerprint density at radius 1 is 1.83 bits per heavy atom. The van der Waals surface area contributed by atoms with Crippen LogP contribution in [0.2, 0.25) is 0 Å². The number of aromatic nitrogens is 2. The Morgan fingerprint density at radius 2 is 2.50 bits per heavy atom. The largest absolute Gasteiger partial charge is 0.395 e. The lowest BCUT2D eigenvalue weighted by molar-refractivity contribution is 0.300. The van der Waals surface area contributed by atoms with Crippen molar-refractivity contribution >= 4 is 17.4 Å². The molecule has 1 unspecified atom stereocenters. The van der Waals surface area contributed by atoms with E-state index in [0.717, 1.165) is 5.03 Å². The van der Waals surface area contributed by atoms with Gasteiger partial charge in [0.1, 0.15) is 5.03 Å². The van der Waals surface area contributed by atoms with E-state index in [-0.39, 0.29) is 11.9 Å². The molecule has 0 radical (unpaired) electrons. The van der Waals surface area contributed by atoms with Crippen molar-refractivity contribution < 1.29 is 5.11 Å². The van der Waals surface area contributed by atoms with Crippen molar-refractivity contribution in [3.63, 3.8) is 0 Å². The van der Waals surface area contributed by atoms with Gasteiger partial charge in [0.2, 0.25) is 0 Å². The van der Waals surface area contributed by atoms with Gasteiger partial charge in [-0.25, -0.2) is 0 Å². The van der Waals surface area contributed by atoms with Crippen LogP contribution in [0.3, 0.4) is 0 Å². The van der Waals surface area contributed by atoms with Gasteiger partial charge < -0.3 is 10.8 Å². The van der Waals surface area contributed by atoms with Crippen LogP contribution in [0.4, 0.5) is 5.69 Å². The first-order chi connectivity index (χ1) is 5.63. The van der Waals surface area contributed by atoms with E-state index in [4.69, 9.17) is 10.8 Å². The number of hydrogen-bond acceptors (Lipinski definition) is 4. The van der Waals surface area contributed by atoms with Crippen LogP contribution < -0.4 is 5.73 Å². The monoisotopic (exact) mass is 187 g/mol. The molecule has 0 spiro atoms. The number of nitrogen functional groups attached to an aromatic ring is 1. The predicted octanol–water partition coefficient (Wildman–Crippen LogP) is 0.475. The van der Waals surface area contributed by atoms with Crippen LogP contribution in [0.1, 0.15) is 6.92 Å². The summed E-state index contributed by atoms with van der Waals surface area (Å²) in [6.45, 7) is 2.07. The highest BCUT2D eigenvalue weighted by Crippen LogP contribution is 2.26. The van der Waals surface area contributed by atoms with E-state index in [9.17, 15) is 0 Å². The lowest BCUT2D eigenvalue weighted by Gasteiger charge is -2.04. The maximum atomic E-state index is 8.80. The van der Waals surface area contributed by atoms with Crippen molar-refractivity contribution in [3.8, 4) is 0 Å². The van der Waals surface area contributed by atoms with Crippen LogP contribution in [-0.2, 0) is 7.05 Å². The maximum Gasteiger partial charge on any atom is 0.141 e. The summed E-state index contributed by atoms with van der Waals surface area (Å²) >= 11 is 1.48. The van der Waals surface area contributed by atoms with Crippen molar-refractivity contribution in [2.75, 3.05) is 12.3 Å². The number of anilines is 1. The Bertz CT molecular complexity index is 261. The third-order valence-electron chi connectivity index (χ3n) is 1.39. The van der Waals surface area contributed by atoms with Gasteiger partial charge in [-0.2, -0.15) is 5.10 Å². The van der Waals surface area contributed by atoms with Gasteiger partial charge in [-0.15, -0.1) is 0 Å². The number of aryl methyl sites for hydroxylation is 1. The van der Waals surface area contributed by atoms with E-state index in [1.807, 2.05) is 14.0 Å². The van der Waals surface area contributed by atoms with Gasteiger partial charge in [-0.05, 0) is 0 Å². The molecular formula is C7H13N3OS. The average molecular weight is 187 g/mol. The van der Waals surface area contributed by atoms with Crippen molar-refractivity contribution in [2.45, 2.75) is 17.2 Å². The molecule has 0 bridgehead atoms. The van der Waals surface area contributed by atoms with Crippen LogP contribution >= 0.6 is 11.8 Å². The van der Waals surface area contributed by atoms with Gasteiger partial charge in [-0.3, -0.25) is 4.68 Å². The fraction of sp³-hybridized carbons (Fsp3) is 0.571. The van der Waals surface area contributed by atoms with Crippen molar-refractivity contribution in [3.05, 3.63) is 6.20 Å². The van der Waals surface area contributed by atoms with Crippen molar-refractivity contribution in [1.29, 1.82) is 0 Å². The number of thioether (sulfide) groups is 1.